The van der Waals surface area contributed by atoms with E-state index in [4.69, 9.17) is 9.47 Å². The van der Waals surface area contributed by atoms with Crippen LogP contribution in [0.25, 0.3) is 0 Å². The molecule has 0 radical (unpaired) electrons. The van der Waals surface area contributed by atoms with Crippen LogP contribution in [0.4, 0.5) is 0 Å². The van der Waals surface area contributed by atoms with E-state index >= 15 is 0 Å². The van der Waals surface area contributed by atoms with Crippen molar-refractivity contribution in [2.24, 2.45) is 0 Å². The van der Waals surface area contributed by atoms with E-state index in [1.807, 2.05) is 0 Å². The van der Waals surface area contributed by atoms with Gasteiger partial charge in [0.1, 0.15) is 0 Å². The molecule has 0 saturated heterocycles. The summed E-state index contributed by atoms with van der Waals surface area (Å²) in [6.45, 7) is 1.66. The van der Waals surface area contributed by atoms with Gasteiger partial charge >= 0.3 is 0 Å². The van der Waals surface area contributed by atoms with Gasteiger partial charge in [0.2, 0.25) is 11.5 Å². The molecule has 1 aromatic rings. The Morgan fingerprint density at radius 3 is 2.15 bits per heavy atom. The molecule has 1 aromatic carbocycles. The molecule has 2 N–H and O–H groups in total. The Kier molecular flexibility index (Phi) is 2.51. The molecule has 0 atom stereocenters. The molecule has 0 amide bonds. The Bertz CT molecular complexity index is 320. The standard InChI is InChI=1S/C9H12O4/c1-5-4-6(12-2)9(13-3)8(11)7(5)10/h4,10-11H,1-3H3. The van der Waals surface area contributed by atoms with Crippen LogP contribution in [-0.4, -0.2) is 24.4 Å². The Morgan fingerprint density at radius 2 is 1.69 bits per heavy atom. The molecule has 0 heterocycles. The number of benzene rings is 1. The summed E-state index contributed by atoms with van der Waals surface area (Å²) in [4.78, 5) is 0. The van der Waals surface area contributed by atoms with Crippen LogP contribution < -0.4 is 9.47 Å². The first-order valence-electron chi connectivity index (χ1n) is 3.75. The summed E-state index contributed by atoms with van der Waals surface area (Å²) in [7, 11) is 2.86. The van der Waals surface area contributed by atoms with Gasteiger partial charge < -0.3 is 19.7 Å². The summed E-state index contributed by atoms with van der Waals surface area (Å²) >= 11 is 0. The molecule has 4 nitrogen and oxygen atoms in total. The summed E-state index contributed by atoms with van der Waals surface area (Å²) in [6.07, 6.45) is 0. The monoisotopic (exact) mass is 184 g/mol. The molecule has 0 bridgehead atoms. The second kappa shape index (κ2) is 3.43. The lowest BCUT2D eigenvalue weighted by Crippen LogP contribution is -1.92. The summed E-state index contributed by atoms with van der Waals surface area (Å²) in [5, 5.41) is 18.8. The number of hydrogen-bond donors (Lipinski definition) is 2. The zero-order valence-corrected chi connectivity index (χ0v) is 7.79. The molecule has 0 aromatic heterocycles. The van der Waals surface area contributed by atoms with Crippen molar-refractivity contribution in [3.8, 4) is 23.0 Å². The molecule has 13 heavy (non-hydrogen) atoms. The number of ether oxygens (including phenoxy) is 2. The normalized spacial score (nSPS) is 9.77. The minimum atomic E-state index is -0.292. The summed E-state index contributed by atoms with van der Waals surface area (Å²) in [5.74, 6) is 0.0675. The second-order valence-electron chi connectivity index (χ2n) is 2.63. The predicted octanol–water partition coefficient (Wildman–Crippen LogP) is 1.42. The third-order valence-electron chi connectivity index (χ3n) is 1.81. The maximum atomic E-state index is 9.44. The average molecular weight is 184 g/mol. The molecule has 0 saturated carbocycles. The van der Waals surface area contributed by atoms with Gasteiger partial charge in [-0.25, -0.2) is 0 Å². The van der Waals surface area contributed by atoms with Gasteiger partial charge in [-0.15, -0.1) is 0 Å². The number of hydrogen-bond acceptors (Lipinski definition) is 4. The van der Waals surface area contributed by atoms with Crippen LogP contribution in [0.1, 0.15) is 5.56 Å². The first kappa shape index (κ1) is 9.51. The lowest BCUT2D eigenvalue weighted by Gasteiger charge is -2.11. The molecule has 0 aliphatic heterocycles. The fraction of sp³-hybridized carbons (Fsp3) is 0.333. The van der Waals surface area contributed by atoms with Crippen molar-refractivity contribution in [3.05, 3.63) is 11.6 Å². The van der Waals surface area contributed by atoms with E-state index in [1.54, 1.807) is 13.0 Å². The number of rotatable bonds is 2. The highest BCUT2D eigenvalue weighted by Crippen LogP contribution is 2.44. The van der Waals surface area contributed by atoms with Crippen molar-refractivity contribution in [2.45, 2.75) is 6.92 Å². The third kappa shape index (κ3) is 1.47. The Morgan fingerprint density at radius 1 is 1.08 bits per heavy atom. The Hall–Kier alpha value is -1.58. The fourth-order valence-electron chi connectivity index (χ4n) is 1.09. The SMILES string of the molecule is COc1cc(C)c(O)c(O)c1OC. The van der Waals surface area contributed by atoms with Crippen molar-refractivity contribution >= 4 is 0 Å². The van der Waals surface area contributed by atoms with E-state index in [2.05, 4.69) is 0 Å². The zero-order chi connectivity index (χ0) is 10.0. The minimum absolute atomic E-state index is 0.144. The third-order valence-corrected chi connectivity index (χ3v) is 1.81. The summed E-state index contributed by atoms with van der Waals surface area (Å²) in [6, 6.07) is 1.59. The second-order valence-corrected chi connectivity index (χ2v) is 2.63. The topological polar surface area (TPSA) is 58.9 Å². The van der Waals surface area contributed by atoms with Crippen LogP contribution in [0.15, 0.2) is 6.07 Å². The Balaban J connectivity index is 3.39. The highest BCUT2D eigenvalue weighted by Gasteiger charge is 2.15. The van der Waals surface area contributed by atoms with Crippen molar-refractivity contribution < 1.29 is 19.7 Å². The van der Waals surface area contributed by atoms with Gasteiger partial charge in [-0.3, -0.25) is 0 Å². The lowest BCUT2D eigenvalue weighted by atomic mass is 10.2. The van der Waals surface area contributed by atoms with Crippen LogP contribution in [0.3, 0.4) is 0 Å². The highest BCUT2D eigenvalue weighted by atomic mass is 16.5. The van der Waals surface area contributed by atoms with Gasteiger partial charge in [-0.05, 0) is 18.6 Å². The average Bonchev–Trinajstić information content (AvgIpc) is 2.13. The minimum Gasteiger partial charge on any atom is -0.504 e. The molecule has 0 spiro atoms. The smallest absolute Gasteiger partial charge is 0.207 e. The van der Waals surface area contributed by atoms with Crippen LogP contribution in [0.5, 0.6) is 23.0 Å². The molecular formula is C9H12O4. The van der Waals surface area contributed by atoms with Crippen molar-refractivity contribution in [3.63, 3.8) is 0 Å². The van der Waals surface area contributed by atoms with Crippen molar-refractivity contribution in [1.29, 1.82) is 0 Å². The van der Waals surface area contributed by atoms with Crippen LogP contribution in [-0.2, 0) is 0 Å². The summed E-state index contributed by atoms with van der Waals surface area (Å²) < 4.78 is 9.82. The zero-order valence-electron chi connectivity index (χ0n) is 7.79. The lowest BCUT2D eigenvalue weighted by molar-refractivity contribution is 0.320. The molecular weight excluding hydrogens is 172 g/mol. The van der Waals surface area contributed by atoms with E-state index in [1.165, 1.54) is 14.2 Å². The van der Waals surface area contributed by atoms with E-state index in [0.717, 1.165) is 0 Å². The van der Waals surface area contributed by atoms with Gasteiger partial charge in [0, 0.05) is 0 Å². The van der Waals surface area contributed by atoms with Gasteiger partial charge in [-0.1, -0.05) is 0 Å². The van der Waals surface area contributed by atoms with E-state index in [-0.39, 0.29) is 17.2 Å². The van der Waals surface area contributed by atoms with Crippen LogP contribution in [0.2, 0.25) is 0 Å². The van der Waals surface area contributed by atoms with Gasteiger partial charge in [0.15, 0.2) is 11.5 Å². The maximum absolute atomic E-state index is 9.44. The molecule has 1 rings (SSSR count). The van der Waals surface area contributed by atoms with E-state index in [9.17, 15) is 10.2 Å². The van der Waals surface area contributed by atoms with E-state index in [0.29, 0.717) is 11.3 Å². The Labute approximate surface area is 76.3 Å². The van der Waals surface area contributed by atoms with Crippen molar-refractivity contribution in [2.75, 3.05) is 14.2 Å². The predicted molar refractivity (Wildman–Crippen MR) is 47.6 cm³/mol. The molecule has 0 aliphatic rings. The highest BCUT2D eigenvalue weighted by molar-refractivity contribution is 5.60. The molecule has 0 unspecified atom stereocenters. The number of aromatic hydroxyl groups is 2. The first-order valence-corrected chi connectivity index (χ1v) is 3.75. The van der Waals surface area contributed by atoms with Crippen LogP contribution >= 0.6 is 0 Å². The number of methoxy groups -OCH3 is 2. The molecule has 4 heteroatoms. The summed E-state index contributed by atoms with van der Waals surface area (Å²) in [5.41, 5.74) is 0.537. The van der Waals surface area contributed by atoms with E-state index < -0.39 is 0 Å². The quantitative estimate of drug-likeness (QED) is 0.682. The van der Waals surface area contributed by atoms with Gasteiger partial charge in [0.05, 0.1) is 14.2 Å². The van der Waals surface area contributed by atoms with Gasteiger partial charge in [0.25, 0.3) is 0 Å². The molecule has 0 fully saturated rings. The number of aryl methyl sites for hydroxylation is 1. The fourth-order valence-corrected chi connectivity index (χ4v) is 1.09. The largest absolute Gasteiger partial charge is 0.504 e. The molecule has 0 aliphatic carbocycles. The molecule has 72 valence electrons. The van der Waals surface area contributed by atoms with Gasteiger partial charge in [-0.2, -0.15) is 0 Å². The number of phenols is 2. The van der Waals surface area contributed by atoms with Crippen molar-refractivity contribution in [1.82, 2.24) is 0 Å². The maximum Gasteiger partial charge on any atom is 0.207 e. The first-order chi connectivity index (χ1) is 6.11. The van der Waals surface area contributed by atoms with Crippen LogP contribution in [0, 0.1) is 6.92 Å². The number of phenolic OH excluding ortho intramolecular Hbond substituents is 2.